The van der Waals surface area contributed by atoms with Crippen molar-refractivity contribution >= 4 is 0 Å². The molecular formula is C9H16O2. The third kappa shape index (κ3) is 1.33. The van der Waals surface area contributed by atoms with Gasteiger partial charge in [-0.15, -0.1) is 0 Å². The third-order valence-electron chi connectivity index (χ3n) is 2.79. The summed E-state index contributed by atoms with van der Waals surface area (Å²) in [4.78, 5) is 0. The van der Waals surface area contributed by atoms with E-state index in [4.69, 9.17) is 10.2 Å². The fraction of sp³-hybridized carbons (Fsp3) is 0.778. The van der Waals surface area contributed by atoms with E-state index in [1.807, 2.05) is 13.0 Å². The van der Waals surface area contributed by atoms with Gasteiger partial charge < -0.3 is 10.2 Å². The number of rotatable bonds is 3. The fourth-order valence-corrected chi connectivity index (χ4v) is 1.69. The van der Waals surface area contributed by atoms with E-state index < -0.39 is 0 Å². The van der Waals surface area contributed by atoms with Crippen LogP contribution in [0.5, 0.6) is 0 Å². The molecule has 64 valence electrons. The molecule has 2 N–H and O–H groups in total. The predicted octanol–water partition coefficient (Wildman–Crippen LogP) is 0.944. The van der Waals surface area contributed by atoms with Crippen molar-refractivity contribution in [2.75, 3.05) is 13.2 Å². The quantitative estimate of drug-likeness (QED) is 0.597. The average Bonchev–Trinajstić information content (AvgIpc) is 2.01. The summed E-state index contributed by atoms with van der Waals surface area (Å²) in [5, 5.41) is 18.1. The van der Waals surface area contributed by atoms with Crippen molar-refractivity contribution in [2.24, 2.45) is 11.3 Å². The van der Waals surface area contributed by atoms with Crippen LogP contribution < -0.4 is 0 Å². The van der Waals surface area contributed by atoms with E-state index in [2.05, 4.69) is 6.08 Å². The molecule has 1 saturated carbocycles. The molecule has 1 rings (SSSR count). The lowest BCUT2D eigenvalue weighted by atomic mass is 9.61. The van der Waals surface area contributed by atoms with E-state index in [-0.39, 0.29) is 18.6 Å². The minimum Gasteiger partial charge on any atom is -0.396 e. The van der Waals surface area contributed by atoms with E-state index in [1.165, 1.54) is 0 Å². The second kappa shape index (κ2) is 3.37. The molecule has 11 heavy (non-hydrogen) atoms. The molecule has 0 aromatic heterocycles. The fourth-order valence-electron chi connectivity index (χ4n) is 1.69. The predicted molar refractivity (Wildman–Crippen MR) is 44.1 cm³/mol. The van der Waals surface area contributed by atoms with Crippen molar-refractivity contribution in [2.45, 2.75) is 19.8 Å². The standard InChI is InChI=1S/C9H16O2/c1-2-3-8-4-5-9(8,6-10)7-11/h2-3,8,10-11H,4-7H2,1H3/b3-2+. The SMILES string of the molecule is C/C=C/C1CCC1(CO)CO. The van der Waals surface area contributed by atoms with Gasteiger partial charge in [0.25, 0.3) is 0 Å². The number of allylic oxidation sites excluding steroid dienone is 2. The third-order valence-corrected chi connectivity index (χ3v) is 2.79. The molecule has 1 aliphatic rings. The maximum absolute atomic E-state index is 9.04. The Morgan fingerprint density at radius 2 is 2.09 bits per heavy atom. The molecule has 1 unspecified atom stereocenters. The maximum Gasteiger partial charge on any atom is 0.0515 e. The van der Waals surface area contributed by atoms with Crippen LogP contribution in [0.3, 0.4) is 0 Å². The topological polar surface area (TPSA) is 40.5 Å². The zero-order chi connectivity index (χ0) is 8.32. The Labute approximate surface area is 67.6 Å². The van der Waals surface area contributed by atoms with Crippen molar-refractivity contribution in [1.82, 2.24) is 0 Å². The molecule has 0 bridgehead atoms. The van der Waals surface area contributed by atoms with Crippen molar-refractivity contribution in [3.63, 3.8) is 0 Å². The Morgan fingerprint density at radius 3 is 2.36 bits per heavy atom. The van der Waals surface area contributed by atoms with Gasteiger partial charge in [-0.25, -0.2) is 0 Å². The molecule has 0 aromatic rings. The van der Waals surface area contributed by atoms with Gasteiger partial charge in [0.2, 0.25) is 0 Å². The van der Waals surface area contributed by atoms with Crippen molar-refractivity contribution in [3.05, 3.63) is 12.2 Å². The van der Waals surface area contributed by atoms with Gasteiger partial charge in [0.15, 0.2) is 0 Å². The van der Waals surface area contributed by atoms with Gasteiger partial charge in [-0.05, 0) is 25.7 Å². The van der Waals surface area contributed by atoms with Crippen LogP contribution in [0.4, 0.5) is 0 Å². The van der Waals surface area contributed by atoms with Crippen LogP contribution in [0, 0.1) is 11.3 Å². The Balaban J connectivity index is 2.56. The van der Waals surface area contributed by atoms with Gasteiger partial charge in [0, 0.05) is 5.41 Å². The summed E-state index contributed by atoms with van der Waals surface area (Å²) in [5.74, 6) is 0.391. The lowest BCUT2D eigenvalue weighted by Crippen LogP contribution is -2.45. The van der Waals surface area contributed by atoms with E-state index in [0.717, 1.165) is 12.8 Å². The van der Waals surface area contributed by atoms with Crippen LogP contribution in [-0.2, 0) is 0 Å². The van der Waals surface area contributed by atoms with Gasteiger partial charge in [-0.3, -0.25) is 0 Å². The summed E-state index contributed by atoms with van der Waals surface area (Å²) in [6.45, 7) is 2.19. The summed E-state index contributed by atoms with van der Waals surface area (Å²) in [5.41, 5.74) is -0.202. The second-order valence-electron chi connectivity index (χ2n) is 3.35. The normalized spacial score (nSPS) is 28.8. The molecule has 1 atom stereocenters. The molecule has 0 aromatic carbocycles. The molecule has 0 radical (unpaired) electrons. The highest BCUT2D eigenvalue weighted by Gasteiger charge is 2.44. The zero-order valence-corrected chi connectivity index (χ0v) is 6.95. The first-order chi connectivity index (χ1) is 5.29. The van der Waals surface area contributed by atoms with Gasteiger partial charge >= 0.3 is 0 Å². The molecule has 0 saturated heterocycles. The van der Waals surface area contributed by atoms with Gasteiger partial charge in [0.1, 0.15) is 0 Å². The highest BCUT2D eigenvalue weighted by molar-refractivity contribution is 5.04. The van der Waals surface area contributed by atoms with E-state index in [9.17, 15) is 0 Å². The van der Waals surface area contributed by atoms with E-state index >= 15 is 0 Å². The second-order valence-corrected chi connectivity index (χ2v) is 3.35. The molecule has 0 heterocycles. The molecule has 1 aliphatic carbocycles. The van der Waals surface area contributed by atoms with Crippen molar-refractivity contribution < 1.29 is 10.2 Å². The Bertz CT molecular complexity index is 142. The van der Waals surface area contributed by atoms with Crippen LogP contribution in [0.1, 0.15) is 19.8 Å². The average molecular weight is 156 g/mol. The molecular weight excluding hydrogens is 140 g/mol. The number of aliphatic hydroxyl groups is 2. The van der Waals surface area contributed by atoms with Crippen LogP contribution >= 0.6 is 0 Å². The monoisotopic (exact) mass is 156 g/mol. The highest BCUT2D eigenvalue weighted by atomic mass is 16.3. The van der Waals surface area contributed by atoms with Crippen LogP contribution in [0.15, 0.2) is 12.2 Å². The molecule has 0 aliphatic heterocycles. The number of hydrogen-bond donors (Lipinski definition) is 2. The first kappa shape index (κ1) is 8.75. The Kier molecular flexibility index (Phi) is 2.68. The molecule has 0 spiro atoms. The summed E-state index contributed by atoms with van der Waals surface area (Å²) < 4.78 is 0. The minimum absolute atomic E-state index is 0.110. The van der Waals surface area contributed by atoms with Crippen LogP contribution in [0.2, 0.25) is 0 Å². The number of aliphatic hydroxyl groups excluding tert-OH is 2. The number of hydrogen-bond acceptors (Lipinski definition) is 2. The molecule has 1 fully saturated rings. The zero-order valence-electron chi connectivity index (χ0n) is 6.95. The van der Waals surface area contributed by atoms with E-state index in [1.54, 1.807) is 0 Å². The highest BCUT2D eigenvalue weighted by Crippen LogP contribution is 2.46. The molecule has 2 heteroatoms. The van der Waals surface area contributed by atoms with Gasteiger partial charge in [-0.1, -0.05) is 12.2 Å². The van der Waals surface area contributed by atoms with E-state index in [0.29, 0.717) is 5.92 Å². The summed E-state index contributed by atoms with van der Waals surface area (Å²) >= 11 is 0. The van der Waals surface area contributed by atoms with Crippen LogP contribution in [0.25, 0.3) is 0 Å². The van der Waals surface area contributed by atoms with Crippen molar-refractivity contribution in [1.29, 1.82) is 0 Å². The van der Waals surface area contributed by atoms with Gasteiger partial charge in [-0.2, -0.15) is 0 Å². The van der Waals surface area contributed by atoms with Crippen molar-refractivity contribution in [3.8, 4) is 0 Å². The summed E-state index contributed by atoms with van der Waals surface area (Å²) in [6, 6.07) is 0. The Morgan fingerprint density at radius 1 is 1.45 bits per heavy atom. The lowest BCUT2D eigenvalue weighted by molar-refractivity contribution is -0.0471. The first-order valence-electron chi connectivity index (χ1n) is 4.13. The smallest absolute Gasteiger partial charge is 0.0515 e. The molecule has 2 nitrogen and oxygen atoms in total. The largest absolute Gasteiger partial charge is 0.396 e. The lowest BCUT2D eigenvalue weighted by Gasteiger charge is -2.46. The van der Waals surface area contributed by atoms with Gasteiger partial charge in [0.05, 0.1) is 13.2 Å². The summed E-state index contributed by atoms with van der Waals surface area (Å²) in [6.07, 6.45) is 6.13. The summed E-state index contributed by atoms with van der Waals surface area (Å²) in [7, 11) is 0. The first-order valence-corrected chi connectivity index (χ1v) is 4.13. The molecule has 0 amide bonds. The maximum atomic E-state index is 9.04. The Hall–Kier alpha value is -0.340. The van der Waals surface area contributed by atoms with Crippen LogP contribution in [-0.4, -0.2) is 23.4 Å². The minimum atomic E-state index is -0.202.